The average molecular weight is 242 g/mol. The molecule has 3 unspecified atom stereocenters. The molecule has 0 aromatic carbocycles. The van der Waals surface area contributed by atoms with E-state index in [9.17, 15) is 14.4 Å². The molecule has 1 aliphatic rings. The topological polar surface area (TPSA) is 95.5 Å². The molecule has 3 N–H and O–H groups in total. The van der Waals surface area contributed by atoms with Crippen LogP contribution < -0.4 is 10.6 Å². The first-order chi connectivity index (χ1) is 7.91. The molecule has 0 bridgehead atoms. The lowest BCUT2D eigenvalue weighted by Gasteiger charge is -2.20. The second-order valence-electron chi connectivity index (χ2n) is 4.41. The Bertz CT molecular complexity index is 329. The molecule has 1 aliphatic carbocycles. The normalized spacial score (nSPS) is 25.1. The van der Waals surface area contributed by atoms with Crippen LogP contribution in [0, 0.1) is 5.92 Å². The van der Waals surface area contributed by atoms with Gasteiger partial charge in [0.1, 0.15) is 6.04 Å². The highest BCUT2D eigenvalue weighted by molar-refractivity contribution is 5.87. The Morgan fingerprint density at radius 3 is 2.47 bits per heavy atom. The fourth-order valence-electron chi connectivity index (χ4n) is 2.11. The quantitative estimate of drug-likeness (QED) is 0.640. The molecule has 2 amide bonds. The molecule has 0 aromatic rings. The van der Waals surface area contributed by atoms with Crippen LogP contribution in [0.15, 0.2) is 0 Å². The van der Waals surface area contributed by atoms with Crippen molar-refractivity contribution in [3.05, 3.63) is 0 Å². The number of hydrogen-bond donors (Lipinski definition) is 3. The maximum absolute atomic E-state index is 11.7. The molecule has 17 heavy (non-hydrogen) atoms. The van der Waals surface area contributed by atoms with Crippen LogP contribution in [-0.4, -0.2) is 35.0 Å². The minimum absolute atomic E-state index is 0.283. The molecule has 6 heteroatoms. The van der Waals surface area contributed by atoms with E-state index < -0.39 is 17.9 Å². The molecule has 96 valence electrons. The standard InChI is InChI=1S/C11H18N2O4/c1-6(12-7(2)14)10(15)13-9-5-3-4-8(9)11(16)17/h6,8-9H,3-5H2,1-2H3,(H,12,14)(H,13,15)(H,16,17). The van der Waals surface area contributed by atoms with E-state index in [1.807, 2.05) is 0 Å². The summed E-state index contributed by atoms with van der Waals surface area (Å²) in [5, 5.41) is 14.1. The van der Waals surface area contributed by atoms with Crippen LogP contribution in [0.1, 0.15) is 33.1 Å². The molecular formula is C11H18N2O4. The van der Waals surface area contributed by atoms with Gasteiger partial charge in [0.05, 0.1) is 5.92 Å². The van der Waals surface area contributed by atoms with Crippen molar-refractivity contribution in [3.63, 3.8) is 0 Å². The van der Waals surface area contributed by atoms with Gasteiger partial charge >= 0.3 is 5.97 Å². The molecule has 0 aromatic heterocycles. The van der Waals surface area contributed by atoms with Gasteiger partial charge in [0.25, 0.3) is 0 Å². The third kappa shape index (κ3) is 3.72. The van der Waals surface area contributed by atoms with Gasteiger partial charge in [0, 0.05) is 13.0 Å². The molecule has 0 saturated heterocycles. The third-order valence-corrected chi connectivity index (χ3v) is 2.97. The monoisotopic (exact) mass is 242 g/mol. The van der Waals surface area contributed by atoms with E-state index >= 15 is 0 Å². The van der Waals surface area contributed by atoms with Crippen LogP contribution in [0.2, 0.25) is 0 Å². The van der Waals surface area contributed by atoms with E-state index in [2.05, 4.69) is 10.6 Å². The summed E-state index contributed by atoms with van der Waals surface area (Å²) >= 11 is 0. The van der Waals surface area contributed by atoms with E-state index in [-0.39, 0.29) is 17.9 Å². The SMILES string of the molecule is CC(=O)NC(C)C(=O)NC1CCCC1C(=O)O. The third-order valence-electron chi connectivity index (χ3n) is 2.97. The van der Waals surface area contributed by atoms with E-state index in [4.69, 9.17) is 5.11 Å². The van der Waals surface area contributed by atoms with Crippen LogP contribution in [0.4, 0.5) is 0 Å². The smallest absolute Gasteiger partial charge is 0.308 e. The van der Waals surface area contributed by atoms with Gasteiger partial charge in [0.15, 0.2) is 0 Å². The van der Waals surface area contributed by atoms with Gasteiger partial charge in [-0.1, -0.05) is 6.42 Å². The number of aliphatic carboxylic acids is 1. The predicted octanol–water partition coefficient (Wildman–Crippen LogP) is -0.119. The molecule has 6 nitrogen and oxygen atoms in total. The van der Waals surface area contributed by atoms with Crippen LogP contribution >= 0.6 is 0 Å². The van der Waals surface area contributed by atoms with Gasteiger partial charge in [-0.2, -0.15) is 0 Å². The largest absolute Gasteiger partial charge is 0.481 e. The molecule has 0 heterocycles. The highest BCUT2D eigenvalue weighted by Crippen LogP contribution is 2.25. The zero-order chi connectivity index (χ0) is 13.0. The summed E-state index contributed by atoms with van der Waals surface area (Å²) in [6, 6.07) is -0.959. The van der Waals surface area contributed by atoms with Gasteiger partial charge in [-0.25, -0.2) is 0 Å². The minimum atomic E-state index is -0.875. The predicted molar refractivity (Wildman–Crippen MR) is 60.2 cm³/mol. The number of carbonyl (C=O) groups excluding carboxylic acids is 2. The van der Waals surface area contributed by atoms with Crippen molar-refractivity contribution in [2.75, 3.05) is 0 Å². The second kappa shape index (κ2) is 5.65. The summed E-state index contributed by atoms with van der Waals surface area (Å²) in [5.41, 5.74) is 0. The van der Waals surface area contributed by atoms with Crippen LogP contribution in [0.5, 0.6) is 0 Å². The first-order valence-electron chi connectivity index (χ1n) is 5.72. The number of nitrogens with one attached hydrogen (secondary N) is 2. The summed E-state index contributed by atoms with van der Waals surface area (Å²) < 4.78 is 0. The van der Waals surface area contributed by atoms with E-state index in [0.717, 1.165) is 6.42 Å². The van der Waals surface area contributed by atoms with Crippen LogP contribution in [0.3, 0.4) is 0 Å². The molecule has 1 fully saturated rings. The van der Waals surface area contributed by atoms with Crippen molar-refractivity contribution >= 4 is 17.8 Å². The van der Waals surface area contributed by atoms with Crippen molar-refractivity contribution in [1.82, 2.24) is 10.6 Å². The Morgan fingerprint density at radius 1 is 1.29 bits per heavy atom. The highest BCUT2D eigenvalue weighted by Gasteiger charge is 2.34. The van der Waals surface area contributed by atoms with Gasteiger partial charge in [0.2, 0.25) is 11.8 Å². The average Bonchev–Trinajstić information content (AvgIpc) is 2.64. The molecule has 1 saturated carbocycles. The Morgan fingerprint density at radius 2 is 1.94 bits per heavy atom. The number of rotatable bonds is 4. The molecular weight excluding hydrogens is 224 g/mol. The lowest BCUT2D eigenvalue weighted by atomic mass is 10.0. The Balaban J connectivity index is 2.50. The van der Waals surface area contributed by atoms with Gasteiger partial charge in [-0.3, -0.25) is 14.4 Å². The van der Waals surface area contributed by atoms with Crippen molar-refractivity contribution in [1.29, 1.82) is 0 Å². The van der Waals surface area contributed by atoms with Crippen LogP contribution in [-0.2, 0) is 14.4 Å². The Labute approximate surface area is 99.8 Å². The maximum atomic E-state index is 11.7. The zero-order valence-electron chi connectivity index (χ0n) is 10.0. The molecule has 0 aliphatic heterocycles. The van der Waals surface area contributed by atoms with E-state index in [1.54, 1.807) is 6.92 Å². The van der Waals surface area contributed by atoms with Crippen molar-refractivity contribution in [3.8, 4) is 0 Å². The number of carboxylic acid groups (broad SMARTS) is 1. The summed E-state index contributed by atoms with van der Waals surface area (Å²) in [7, 11) is 0. The minimum Gasteiger partial charge on any atom is -0.481 e. The Kier molecular flexibility index (Phi) is 4.48. The summed E-state index contributed by atoms with van der Waals surface area (Å²) in [6.07, 6.45) is 2.07. The lowest BCUT2D eigenvalue weighted by molar-refractivity contribution is -0.142. The fourth-order valence-corrected chi connectivity index (χ4v) is 2.11. The Hall–Kier alpha value is -1.59. The molecule has 1 rings (SSSR count). The van der Waals surface area contributed by atoms with Crippen molar-refractivity contribution in [2.45, 2.75) is 45.2 Å². The fraction of sp³-hybridized carbons (Fsp3) is 0.727. The number of hydrogen-bond acceptors (Lipinski definition) is 3. The molecule has 3 atom stereocenters. The maximum Gasteiger partial charge on any atom is 0.308 e. The zero-order valence-corrected chi connectivity index (χ0v) is 10.0. The number of carboxylic acids is 1. The van der Waals surface area contributed by atoms with Gasteiger partial charge in [-0.15, -0.1) is 0 Å². The first-order valence-corrected chi connectivity index (χ1v) is 5.72. The summed E-state index contributed by atoms with van der Waals surface area (Å²) in [5.74, 6) is -2.00. The second-order valence-corrected chi connectivity index (χ2v) is 4.41. The number of amides is 2. The van der Waals surface area contributed by atoms with Gasteiger partial charge in [-0.05, 0) is 19.8 Å². The van der Waals surface area contributed by atoms with Crippen molar-refractivity contribution < 1.29 is 19.5 Å². The van der Waals surface area contributed by atoms with Crippen molar-refractivity contribution in [2.24, 2.45) is 5.92 Å². The molecule has 0 spiro atoms. The van der Waals surface area contributed by atoms with Crippen LogP contribution in [0.25, 0.3) is 0 Å². The summed E-state index contributed by atoms with van der Waals surface area (Å²) in [6.45, 7) is 2.90. The highest BCUT2D eigenvalue weighted by atomic mass is 16.4. The lowest BCUT2D eigenvalue weighted by Crippen LogP contribution is -2.49. The number of carbonyl (C=O) groups is 3. The van der Waals surface area contributed by atoms with E-state index in [1.165, 1.54) is 6.92 Å². The summed E-state index contributed by atoms with van der Waals surface area (Å²) in [4.78, 5) is 33.4. The van der Waals surface area contributed by atoms with Gasteiger partial charge < -0.3 is 15.7 Å². The van der Waals surface area contributed by atoms with E-state index in [0.29, 0.717) is 12.8 Å². The molecule has 0 radical (unpaired) electrons. The first kappa shape index (κ1) is 13.5.